The molecule has 0 aromatic carbocycles. The Bertz CT molecular complexity index is 242. The molecule has 82 valence electrons. The van der Waals surface area contributed by atoms with Crippen molar-refractivity contribution >= 4 is 5.97 Å². The summed E-state index contributed by atoms with van der Waals surface area (Å²) in [5.74, 6) is -4.26. The van der Waals surface area contributed by atoms with E-state index in [4.69, 9.17) is 5.11 Å². The topological polar surface area (TPSA) is 46.5 Å². The Labute approximate surface area is 81.1 Å². The van der Waals surface area contributed by atoms with Crippen LogP contribution in [0.5, 0.6) is 0 Å². The minimum Gasteiger partial charge on any atom is -0.465 e. The van der Waals surface area contributed by atoms with Crippen LogP contribution in [-0.2, 0) is 9.53 Å². The van der Waals surface area contributed by atoms with Crippen LogP contribution in [0.2, 0.25) is 0 Å². The van der Waals surface area contributed by atoms with Crippen molar-refractivity contribution in [3.63, 3.8) is 0 Å². The van der Waals surface area contributed by atoms with Crippen molar-refractivity contribution in [3.05, 3.63) is 0 Å². The van der Waals surface area contributed by atoms with E-state index in [1.807, 2.05) is 0 Å². The molecule has 5 heteroatoms. The number of rotatable bonds is 4. The van der Waals surface area contributed by atoms with E-state index in [-0.39, 0.29) is 19.6 Å². The van der Waals surface area contributed by atoms with E-state index < -0.39 is 23.2 Å². The van der Waals surface area contributed by atoms with Crippen LogP contribution < -0.4 is 0 Å². The molecule has 0 heterocycles. The van der Waals surface area contributed by atoms with Gasteiger partial charge in [-0.15, -0.1) is 0 Å². The Balaban J connectivity index is 2.54. The largest absolute Gasteiger partial charge is 0.465 e. The monoisotopic (exact) mass is 208 g/mol. The number of hydrogen-bond donors (Lipinski definition) is 1. The lowest BCUT2D eigenvalue weighted by Crippen LogP contribution is -2.16. The van der Waals surface area contributed by atoms with E-state index in [0.717, 1.165) is 0 Å². The quantitative estimate of drug-likeness (QED) is 0.706. The van der Waals surface area contributed by atoms with Crippen LogP contribution in [0.1, 0.15) is 20.3 Å². The van der Waals surface area contributed by atoms with Gasteiger partial charge in [0.25, 0.3) is 5.92 Å². The molecule has 1 rings (SSSR count). The van der Waals surface area contributed by atoms with E-state index >= 15 is 0 Å². The average molecular weight is 208 g/mol. The molecule has 0 bridgehead atoms. The number of carbonyl (C=O) groups excluding carboxylic acids is 1. The number of ether oxygens (including phenoxy) is 1. The van der Waals surface area contributed by atoms with Crippen molar-refractivity contribution in [2.45, 2.75) is 26.2 Å². The molecule has 0 aliphatic heterocycles. The number of halogens is 2. The first kappa shape index (κ1) is 11.4. The third-order valence-electron chi connectivity index (χ3n) is 2.88. The normalized spacial score (nSPS) is 33.9. The summed E-state index contributed by atoms with van der Waals surface area (Å²) in [5.41, 5.74) is -1.29. The third kappa shape index (κ3) is 1.61. The highest BCUT2D eigenvalue weighted by Gasteiger charge is 2.77. The fraction of sp³-hybridized carbons (Fsp3) is 0.889. The van der Waals surface area contributed by atoms with Crippen LogP contribution in [-0.4, -0.2) is 30.2 Å². The minimum atomic E-state index is -2.83. The molecule has 1 aliphatic carbocycles. The van der Waals surface area contributed by atoms with E-state index in [0.29, 0.717) is 0 Å². The van der Waals surface area contributed by atoms with Gasteiger partial charge in [-0.3, -0.25) is 4.79 Å². The van der Waals surface area contributed by atoms with Crippen LogP contribution >= 0.6 is 0 Å². The summed E-state index contributed by atoms with van der Waals surface area (Å²) in [7, 11) is 0. The molecular formula is C9H14F2O3. The van der Waals surface area contributed by atoms with E-state index in [9.17, 15) is 13.6 Å². The van der Waals surface area contributed by atoms with Crippen molar-refractivity contribution in [1.29, 1.82) is 0 Å². The summed E-state index contributed by atoms with van der Waals surface area (Å²) in [5, 5.41) is 8.58. The van der Waals surface area contributed by atoms with Crippen LogP contribution in [0, 0.1) is 11.3 Å². The lowest BCUT2D eigenvalue weighted by atomic mass is 10.1. The molecule has 0 saturated heterocycles. The summed E-state index contributed by atoms with van der Waals surface area (Å²) in [6.45, 7) is 2.01. The van der Waals surface area contributed by atoms with E-state index in [2.05, 4.69) is 4.74 Å². The first-order valence-corrected chi connectivity index (χ1v) is 4.48. The Morgan fingerprint density at radius 1 is 1.57 bits per heavy atom. The molecule has 0 spiro atoms. The zero-order valence-corrected chi connectivity index (χ0v) is 8.22. The Morgan fingerprint density at radius 2 is 2.14 bits per heavy atom. The van der Waals surface area contributed by atoms with E-state index in [1.165, 1.54) is 13.8 Å². The van der Waals surface area contributed by atoms with Gasteiger partial charge in [-0.1, -0.05) is 6.92 Å². The van der Waals surface area contributed by atoms with Crippen LogP contribution in [0.25, 0.3) is 0 Å². The van der Waals surface area contributed by atoms with Gasteiger partial charge in [0.2, 0.25) is 0 Å². The number of esters is 1. The Kier molecular flexibility index (Phi) is 2.81. The Morgan fingerprint density at radius 3 is 2.57 bits per heavy atom. The number of aliphatic hydroxyl groups is 1. The van der Waals surface area contributed by atoms with Crippen LogP contribution in [0.3, 0.4) is 0 Å². The summed E-state index contributed by atoms with van der Waals surface area (Å²) >= 11 is 0. The number of alkyl halides is 2. The second-order valence-corrected chi connectivity index (χ2v) is 3.89. The predicted molar refractivity (Wildman–Crippen MR) is 44.9 cm³/mol. The molecule has 0 radical (unpaired) electrons. The standard InChI is InChI=1S/C9H14F2O3/c1-6(13)14-5-8(2)7(3-4-12)9(8,10)11/h7,12H,3-5H2,1-2H3/t7-,8-/m0/s1. The van der Waals surface area contributed by atoms with Gasteiger partial charge in [-0.2, -0.15) is 0 Å². The second kappa shape index (κ2) is 3.46. The van der Waals surface area contributed by atoms with Crippen molar-refractivity contribution < 1.29 is 23.4 Å². The SMILES string of the molecule is CC(=O)OC[C@@]1(C)[C@H](CCO)C1(F)F. The highest BCUT2D eigenvalue weighted by Crippen LogP contribution is 2.67. The molecule has 1 N–H and O–H groups in total. The summed E-state index contributed by atoms with van der Waals surface area (Å²) in [6, 6.07) is 0. The van der Waals surface area contributed by atoms with Crippen LogP contribution in [0.4, 0.5) is 8.78 Å². The molecule has 2 atom stereocenters. The lowest BCUT2D eigenvalue weighted by molar-refractivity contribution is -0.143. The number of carbonyl (C=O) groups is 1. The fourth-order valence-corrected chi connectivity index (χ4v) is 1.75. The molecule has 1 fully saturated rings. The Hall–Kier alpha value is -0.710. The average Bonchev–Trinajstić information content (AvgIpc) is 2.48. The van der Waals surface area contributed by atoms with Gasteiger partial charge in [0.05, 0.1) is 5.41 Å². The van der Waals surface area contributed by atoms with Gasteiger partial charge in [-0.05, 0) is 6.42 Å². The first-order chi connectivity index (χ1) is 6.36. The van der Waals surface area contributed by atoms with Gasteiger partial charge in [0, 0.05) is 19.4 Å². The third-order valence-corrected chi connectivity index (χ3v) is 2.88. The maximum absolute atomic E-state index is 13.2. The maximum atomic E-state index is 13.2. The zero-order valence-electron chi connectivity index (χ0n) is 8.22. The maximum Gasteiger partial charge on any atom is 0.302 e. The highest BCUT2D eigenvalue weighted by molar-refractivity contribution is 5.66. The highest BCUT2D eigenvalue weighted by atomic mass is 19.3. The molecule has 0 aromatic rings. The van der Waals surface area contributed by atoms with Crippen molar-refractivity contribution in [3.8, 4) is 0 Å². The minimum absolute atomic E-state index is 0.0464. The molecule has 0 unspecified atom stereocenters. The molecule has 0 aromatic heterocycles. The van der Waals surface area contributed by atoms with Gasteiger partial charge < -0.3 is 9.84 Å². The van der Waals surface area contributed by atoms with Crippen molar-refractivity contribution in [1.82, 2.24) is 0 Å². The molecular weight excluding hydrogens is 194 g/mol. The van der Waals surface area contributed by atoms with Gasteiger partial charge in [-0.25, -0.2) is 8.78 Å². The fourth-order valence-electron chi connectivity index (χ4n) is 1.75. The van der Waals surface area contributed by atoms with Crippen LogP contribution in [0.15, 0.2) is 0 Å². The van der Waals surface area contributed by atoms with Gasteiger partial charge >= 0.3 is 5.97 Å². The summed E-state index contributed by atoms with van der Waals surface area (Å²) < 4.78 is 30.9. The van der Waals surface area contributed by atoms with Crippen molar-refractivity contribution in [2.24, 2.45) is 11.3 Å². The molecule has 14 heavy (non-hydrogen) atoms. The van der Waals surface area contributed by atoms with Crippen molar-refractivity contribution in [2.75, 3.05) is 13.2 Å². The lowest BCUT2D eigenvalue weighted by Gasteiger charge is -2.09. The predicted octanol–water partition coefficient (Wildman–Crippen LogP) is 1.20. The molecule has 3 nitrogen and oxygen atoms in total. The smallest absolute Gasteiger partial charge is 0.302 e. The van der Waals surface area contributed by atoms with Gasteiger partial charge in [0.1, 0.15) is 6.61 Å². The number of hydrogen-bond acceptors (Lipinski definition) is 3. The molecule has 1 aliphatic rings. The summed E-state index contributed by atoms with van der Waals surface area (Å²) in [6.07, 6.45) is 0.0464. The van der Waals surface area contributed by atoms with E-state index in [1.54, 1.807) is 0 Å². The second-order valence-electron chi connectivity index (χ2n) is 3.89. The van der Waals surface area contributed by atoms with Gasteiger partial charge in [0.15, 0.2) is 0 Å². The summed E-state index contributed by atoms with van der Waals surface area (Å²) in [4.78, 5) is 10.5. The number of aliphatic hydroxyl groups excluding tert-OH is 1. The molecule has 0 amide bonds. The zero-order chi connectivity index (χ0) is 11.0. The first-order valence-electron chi connectivity index (χ1n) is 4.48. The molecule has 1 saturated carbocycles.